The number of carbonyl (C=O) groups excluding carboxylic acids is 3. The minimum absolute atomic E-state index is 0.0148. The molecule has 0 aliphatic rings. The summed E-state index contributed by atoms with van der Waals surface area (Å²) in [5.74, 6) is -1.04. The van der Waals surface area contributed by atoms with E-state index in [-0.39, 0.29) is 24.7 Å². The Bertz CT molecular complexity index is 500. The number of rotatable bonds is 6. The lowest BCUT2D eigenvalue weighted by Crippen LogP contribution is -2.21. The lowest BCUT2D eigenvalue weighted by molar-refractivity contribution is -0.144. The standard InChI is InChI=1S/C14H18N2O4/c1-3-20-13(18)9-8-12(17)16-11-7-5-4-6-10(11)14(19)15-2/h4-7H,3,8-9H2,1-2H3,(H,15,19)(H,16,17). The zero-order valence-electron chi connectivity index (χ0n) is 11.6. The van der Waals surface area contributed by atoms with E-state index in [9.17, 15) is 14.4 Å². The first-order valence-electron chi connectivity index (χ1n) is 6.35. The van der Waals surface area contributed by atoms with Crippen molar-refractivity contribution in [3.8, 4) is 0 Å². The Hall–Kier alpha value is -2.37. The van der Waals surface area contributed by atoms with Crippen LogP contribution in [-0.4, -0.2) is 31.4 Å². The van der Waals surface area contributed by atoms with Crippen LogP contribution in [0.4, 0.5) is 5.69 Å². The number of para-hydroxylation sites is 1. The number of anilines is 1. The highest BCUT2D eigenvalue weighted by molar-refractivity contribution is 6.03. The SMILES string of the molecule is CCOC(=O)CCC(=O)Nc1ccccc1C(=O)NC. The molecule has 0 heterocycles. The summed E-state index contributed by atoms with van der Waals surface area (Å²) in [6.07, 6.45) is 0.0305. The zero-order chi connectivity index (χ0) is 15.0. The minimum Gasteiger partial charge on any atom is -0.466 e. The molecular formula is C14H18N2O4. The second-order valence-electron chi connectivity index (χ2n) is 3.98. The van der Waals surface area contributed by atoms with Gasteiger partial charge in [-0.25, -0.2) is 0 Å². The maximum absolute atomic E-state index is 11.7. The summed E-state index contributed by atoms with van der Waals surface area (Å²) >= 11 is 0. The van der Waals surface area contributed by atoms with Gasteiger partial charge in [0.15, 0.2) is 0 Å². The molecule has 0 saturated heterocycles. The quantitative estimate of drug-likeness (QED) is 0.769. The molecule has 0 radical (unpaired) electrons. The van der Waals surface area contributed by atoms with Crippen molar-refractivity contribution in [2.24, 2.45) is 0 Å². The van der Waals surface area contributed by atoms with Crippen molar-refractivity contribution in [3.63, 3.8) is 0 Å². The van der Waals surface area contributed by atoms with E-state index >= 15 is 0 Å². The molecule has 0 aliphatic heterocycles. The van der Waals surface area contributed by atoms with Crippen LogP contribution >= 0.6 is 0 Å². The Morgan fingerprint density at radius 1 is 1.15 bits per heavy atom. The van der Waals surface area contributed by atoms with Crippen LogP contribution in [0.1, 0.15) is 30.1 Å². The molecule has 1 aromatic carbocycles. The Morgan fingerprint density at radius 2 is 1.85 bits per heavy atom. The van der Waals surface area contributed by atoms with Crippen LogP contribution in [0.3, 0.4) is 0 Å². The fourth-order valence-electron chi connectivity index (χ4n) is 1.59. The van der Waals surface area contributed by atoms with Gasteiger partial charge >= 0.3 is 5.97 Å². The van der Waals surface area contributed by atoms with E-state index in [4.69, 9.17) is 4.74 Å². The lowest BCUT2D eigenvalue weighted by atomic mass is 10.1. The van der Waals surface area contributed by atoms with Gasteiger partial charge in [0.2, 0.25) is 5.91 Å². The molecule has 0 spiro atoms. The normalized spacial score (nSPS) is 9.70. The molecule has 0 aromatic heterocycles. The summed E-state index contributed by atoms with van der Waals surface area (Å²) in [6, 6.07) is 6.67. The first-order chi connectivity index (χ1) is 9.58. The monoisotopic (exact) mass is 278 g/mol. The van der Waals surface area contributed by atoms with Crippen LogP contribution in [0.5, 0.6) is 0 Å². The summed E-state index contributed by atoms with van der Waals surface area (Å²) in [5, 5.41) is 5.11. The highest BCUT2D eigenvalue weighted by Gasteiger charge is 2.12. The van der Waals surface area contributed by atoms with Crippen LogP contribution in [0.15, 0.2) is 24.3 Å². The van der Waals surface area contributed by atoms with Gasteiger partial charge in [-0.1, -0.05) is 12.1 Å². The van der Waals surface area contributed by atoms with Gasteiger partial charge in [-0.15, -0.1) is 0 Å². The molecule has 0 unspecified atom stereocenters. The van der Waals surface area contributed by atoms with Crippen LogP contribution in [0.25, 0.3) is 0 Å². The molecule has 0 fully saturated rings. The molecule has 6 heteroatoms. The Labute approximate surface area is 117 Å². The number of hydrogen-bond donors (Lipinski definition) is 2. The Kier molecular flexibility index (Phi) is 6.22. The maximum atomic E-state index is 11.7. The number of hydrogen-bond acceptors (Lipinski definition) is 4. The van der Waals surface area contributed by atoms with Crippen molar-refractivity contribution in [2.75, 3.05) is 19.0 Å². The van der Waals surface area contributed by atoms with Crippen LogP contribution in [-0.2, 0) is 14.3 Å². The summed E-state index contributed by atoms with van der Waals surface area (Å²) in [6.45, 7) is 2.00. The van der Waals surface area contributed by atoms with E-state index in [1.165, 1.54) is 7.05 Å². The van der Waals surface area contributed by atoms with Gasteiger partial charge in [0, 0.05) is 13.5 Å². The predicted molar refractivity (Wildman–Crippen MR) is 74.3 cm³/mol. The van der Waals surface area contributed by atoms with Crippen molar-refractivity contribution in [1.82, 2.24) is 5.32 Å². The molecule has 2 N–H and O–H groups in total. The van der Waals surface area contributed by atoms with Crippen LogP contribution in [0.2, 0.25) is 0 Å². The third kappa shape index (κ3) is 4.72. The Morgan fingerprint density at radius 3 is 2.50 bits per heavy atom. The molecule has 0 saturated carbocycles. The van der Waals surface area contributed by atoms with E-state index in [1.807, 2.05) is 0 Å². The number of benzene rings is 1. The van der Waals surface area contributed by atoms with E-state index < -0.39 is 5.97 Å². The van der Waals surface area contributed by atoms with Gasteiger partial charge in [-0.3, -0.25) is 14.4 Å². The molecule has 20 heavy (non-hydrogen) atoms. The van der Waals surface area contributed by atoms with E-state index in [0.29, 0.717) is 17.9 Å². The van der Waals surface area contributed by atoms with Gasteiger partial charge in [-0.2, -0.15) is 0 Å². The number of esters is 1. The Balaban J connectivity index is 2.62. The summed E-state index contributed by atoms with van der Waals surface area (Å²) < 4.78 is 4.74. The van der Waals surface area contributed by atoms with Crippen molar-refractivity contribution in [3.05, 3.63) is 29.8 Å². The van der Waals surface area contributed by atoms with Gasteiger partial charge in [0.05, 0.1) is 24.3 Å². The van der Waals surface area contributed by atoms with Crippen molar-refractivity contribution < 1.29 is 19.1 Å². The average molecular weight is 278 g/mol. The third-order valence-electron chi connectivity index (χ3n) is 2.53. The fourth-order valence-corrected chi connectivity index (χ4v) is 1.59. The first-order valence-corrected chi connectivity index (χ1v) is 6.35. The largest absolute Gasteiger partial charge is 0.466 e. The van der Waals surface area contributed by atoms with E-state index in [0.717, 1.165) is 0 Å². The second kappa shape index (κ2) is 7.93. The third-order valence-corrected chi connectivity index (χ3v) is 2.53. The second-order valence-corrected chi connectivity index (χ2v) is 3.98. The molecule has 1 aromatic rings. The van der Waals surface area contributed by atoms with Gasteiger partial charge in [-0.05, 0) is 19.1 Å². The van der Waals surface area contributed by atoms with Crippen molar-refractivity contribution in [2.45, 2.75) is 19.8 Å². The van der Waals surface area contributed by atoms with Gasteiger partial charge in [0.1, 0.15) is 0 Å². The lowest BCUT2D eigenvalue weighted by Gasteiger charge is -2.09. The average Bonchev–Trinajstić information content (AvgIpc) is 2.45. The number of amides is 2. The molecule has 0 bridgehead atoms. The first kappa shape index (κ1) is 15.7. The van der Waals surface area contributed by atoms with Crippen molar-refractivity contribution >= 4 is 23.5 Å². The smallest absolute Gasteiger partial charge is 0.306 e. The van der Waals surface area contributed by atoms with E-state index in [1.54, 1.807) is 31.2 Å². The fraction of sp³-hybridized carbons (Fsp3) is 0.357. The summed E-state index contributed by atoms with van der Waals surface area (Å²) in [4.78, 5) is 34.5. The molecule has 0 atom stereocenters. The number of ether oxygens (including phenoxy) is 1. The minimum atomic E-state index is -0.415. The zero-order valence-corrected chi connectivity index (χ0v) is 11.6. The number of carbonyl (C=O) groups is 3. The summed E-state index contributed by atoms with van der Waals surface area (Å²) in [7, 11) is 1.52. The molecule has 6 nitrogen and oxygen atoms in total. The summed E-state index contributed by atoms with van der Waals surface area (Å²) in [5.41, 5.74) is 0.792. The van der Waals surface area contributed by atoms with Crippen LogP contribution < -0.4 is 10.6 Å². The number of nitrogens with one attached hydrogen (secondary N) is 2. The van der Waals surface area contributed by atoms with Crippen molar-refractivity contribution in [1.29, 1.82) is 0 Å². The highest BCUT2D eigenvalue weighted by atomic mass is 16.5. The molecule has 1 rings (SSSR count). The van der Waals surface area contributed by atoms with Gasteiger partial charge < -0.3 is 15.4 Å². The predicted octanol–water partition coefficient (Wildman–Crippen LogP) is 1.33. The van der Waals surface area contributed by atoms with Gasteiger partial charge in [0.25, 0.3) is 5.91 Å². The molecule has 108 valence electrons. The topological polar surface area (TPSA) is 84.5 Å². The highest BCUT2D eigenvalue weighted by Crippen LogP contribution is 2.15. The molecular weight excluding hydrogens is 260 g/mol. The maximum Gasteiger partial charge on any atom is 0.306 e. The molecule has 0 aliphatic carbocycles. The van der Waals surface area contributed by atoms with E-state index in [2.05, 4.69) is 10.6 Å². The van der Waals surface area contributed by atoms with Crippen LogP contribution in [0, 0.1) is 0 Å². The molecule has 2 amide bonds.